The lowest BCUT2D eigenvalue weighted by molar-refractivity contribution is -0.385. The summed E-state index contributed by atoms with van der Waals surface area (Å²) in [4.78, 5) is 27.4. The second-order valence-electron chi connectivity index (χ2n) is 6.10. The summed E-state index contributed by atoms with van der Waals surface area (Å²) in [6, 6.07) is 23.9. The maximum absolute atomic E-state index is 10.8. The van der Waals surface area contributed by atoms with E-state index in [4.69, 9.17) is 16.6 Å². The van der Waals surface area contributed by atoms with Crippen LogP contribution >= 0.6 is 11.6 Å². The fourth-order valence-corrected chi connectivity index (χ4v) is 2.62. The molecule has 0 unspecified atom stereocenters. The standard InChI is InChI=1S/C11H8N2O2.C6H6BO2.C5H3ClN2O2/c14-13(15)10-7-4-8-12-11(10)9-5-2-1-3-6-9;8-7-9-6-4-2-1-3-5-6;6-5-4(8(9)10)2-1-3-7-5/h1-8H;1-5,8H;1-3H. The Bertz CT molecular complexity index is 1200. The van der Waals surface area contributed by atoms with Gasteiger partial charge in [-0.2, -0.15) is 0 Å². The minimum absolute atomic E-state index is 0.0312. The van der Waals surface area contributed by atoms with Crippen LogP contribution in [-0.2, 0) is 0 Å². The first kappa shape index (κ1) is 25.9. The normalized spacial score (nSPS) is 9.35. The predicted molar refractivity (Wildman–Crippen MR) is 127 cm³/mol. The Kier molecular flexibility index (Phi) is 10.6. The van der Waals surface area contributed by atoms with E-state index in [0.717, 1.165) is 5.56 Å². The lowest BCUT2D eigenvalue weighted by Gasteiger charge is -2.00. The fourth-order valence-electron chi connectivity index (χ4n) is 2.44. The number of para-hydroxylation sites is 1. The van der Waals surface area contributed by atoms with Gasteiger partial charge in [0.2, 0.25) is 5.15 Å². The zero-order valence-corrected chi connectivity index (χ0v) is 18.2. The van der Waals surface area contributed by atoms with Gasteiger partial charge in [0.15, 0.2) is 0 Å². The van der Waals surface area contributed by atoms with E-state index in [1.807, 2.05) is 36.4 Å². The Labute approximate surface area is 200 Å². The highest BCUT2D eigenvalue weighted by Crippen LogP contribution is 2.26. The minimum Gasteiger partial charge on any atom is -0.537 e. The predicted octanol–water partition coefficient (Wildman–Crippen LogP) is 4.89. The van der Waals surface area contributed by atoms with Gasteiger partial charge in [-0.15, -0.1) is 0 Å². The highest BCUT2D eigenvalue weighted by molar-refractivity contribution is 6.31. The van der Waals surface area contributed by atoms with E-state index in [2.05, 4.69) is 14.6 Å². The van der Waals surface area contributed by atoms with Crippen molar-refractivity contribution >= 4 is 30.7 Å². The van der Waals surface area contributed by atoms with Crippen LogP contribution in [0.4, 0.5) is 11.4 Å². The van der Waals surface area contributed by atoms with E-state index in [9.17, 15) is 20.2 Å². The molecule has 0 aliphatic carbocycles. The molecule has 1 radical (unpaired) electrons. The molecule has 2 aromatic heterocycles. The van der Waals surface area contributed by atoms with E-state index in [-0.39, 0.29) is 16.5 Å². The van der Waals surface area contributed by atoms with E-state index in [1.165, 1.54) is 24.4 Å². The molecular formula is C22H17BClN4O6. The maximum atomic E-state index is 10.8. The Balaban J connectivity index is 0.000000189. The molecule has 2 heterocycles. The molecular weight excluding hydrogens is 463 g/mol. The maximum Gasteiger partial charge on any atom is 0.569 e. The van der Waals surface area contributed by atoms with Gasteiger partial charge in [0.05, 0.1) is 15.6 Å². The zero-order chi connectivity index (χ0) is 24.8. The molecule has 1 N–H and O–H groups in total. The Hall–Kier alpha value is -4.35. The van der Waals surface area contributed by atoms with Crippen molar-refractivity contribution in [1.29, 1.82) is 0 Å². The summed E-state index contributed by atoms with van der Waals surface area (Å²) in [5.74, 6) is 0.639. The molecule has 171 valence electrons. The Morgan fingerprint density at radius 3 is 1.79 bits per heavy atom. The van der Waals surface area contributed by atoms with Crippen molar-refractivity contribution < 1.29 is 19.5 Å². The zero-order valence-electron chi connectivity index (χ0n) is 17.5. The van der Waals surface area contributed by atoms with Crippen LogP contribution in [0.25, 0.3) is 11.3 Å². The Morgan fingerprint density at radius 2 is 1.29 bits per heavy atom. The number of nitro groups is 2. The lowest BCUT2D eigenvalue weighted by atomic mass is 10.1. The number of halogens is 1. The molecule has 34 heavy (non-hydrogen) atoms. The van der Waals surface area contributed by atoms with E-state index >= 15 is 0 Å². The van der Waals surface area contributed by atoms with E-state index < -0.39 is 9.85 Å². The van der Waals surface area contributed by atoms with Crippen molar-refractivity contribution in [1.82, 2.24) is 9.97 Å². The SMILES string of the molecule is O=[N+]([O-])c1cccnc1-c1ccccc1.O=[N+]([O-])c1cccnc1Cl.O[B]Oc1ccccc1. The number of nitrogens with zero attached hydrogens (tertiary/aromatic N) is 4. The van der Waals surface area contributed by atoms with Crippen LogP contribution in [0.2, 0.25) is 5.15 Å². The summed E-state index contributed by atoms with van der Waals surface area (Å²) in [5, 5.41) is 29.0. The summed E-state index contributed by atoms with van der Waals surface area (Å²) in [5.41, 5.74) is 1.03. The van der Waals surface area contributed by atoms with Crippen LogP contribution in [0.5, 0.6) is 5.75 Å². The minimum atomic E-state index is -0.574. The van der Waals surface area contributed by atoms with Gasteiger partial charge < -0.3 is 9.68 Å². The number of benzene rings is 2. The molecule has 0 amide bonds. The molecule has 4 aromatic rings. The quantitative estimate of drug-likeness (QED) is 0.184. The molecule has 12 heteroatoms. The monoisotopic (exact) mass is 479 g/mol. The van der Waals surface area contributed by atoms with Gasteiger partial charge in [-0.05, 0) is 24.3 Å². The molecule has 0 saturated carbocycles. The van der Waals surface area contributed by atoms with Crippen LogP contribution in [-0.4, -0.2) is 32.5 Å². The molecule has 10 nitrogen and oxygen atoms in total. The first-order valence-corrected chi connectivity index (χ1v) is 9.89. The van der Waals surface area contributed by atoms with E-state index in [0.29, 0.717) is 19.1 Å². The summed E-state index contributed by atoms with van der Waals surface area (Å²) in [6.07, 6.45) is 2.95. The highest BCUT2D eigenvalue weighted by atomic mass is 35.5. The van der Waals surface area contributed by atoms with Crippen LogP contribution in [0.15, 0.2) is 97.3 Å². The average Bonchev–Trinajstić information content (AvgIpc) is 2.86. The highest BCUT2D eigenvalue weighted by Gasteiger charge is 2.14. The molecule has 0 saturated heterocycles. The van der Waals surface area contributed by atoms with Crippen LogP contribution < -0.4 is 4.65 Å². The largest absolute Gasteiger partial charge is 0.569 e. The second kappa shape index (κ2) is 13.9. The molecule has 0 bridgehead atoms. The van der Waals surface area contributed by atoms with Crippen LogP contribution in [0.1, 0.15) is 0 Å². The van der Waals surface area contributed by atoms with Gasteiger partial charge >= 0.3 is 13.4 Å². The van der Waals surface area contributed by atoms with Crippen LogP contribution in [0.3, 0.4) is 0 Å². The summed E-state index contributed by atoms with van der Waals surface area (Å²) in [6.45, 7) is 0. The summed E-state index contributed by atoms with van der Waals surface area (Å²) >= 11 is 5.37. The first-order valence-electron chi connectivity index (χ1n) is 9.51. The summed E-state index contributed by atoms with van der Waals surface area (Å²) < 4.78 is 4.64. The van der Waals surface area contributed by atoms with Crippen molar-refractivity contribution in [3.63, 3.8) is 0 Å². The number of aromatic nitrogens is 2. The van der Waals surface area contributed by atoms with Gasteiger partial charge in [-0.3, -0.25) is 20.2 Å². The molecule has 0 spiro atoms. The molecule has 0 aliphatic rings. The number of hydrogen-bond acceptors (Lipinski definition) is 8. The second-order valence-corrected chi connectivity index (χ2v) is 6.46. The molecule has 0 aliphatic heterocycles. The molecule has 2 aromatic carbocycles. The Morgan fingerprint density at radius 1 is 0.765 bits per heavy atom. The number of hydrogen-bond donors (Lipinski definition) is 1. The third-order valence-electron chi connectivity index (χ3n) is 3.90. The van der Waals surface area contributed by atoms with Gasteiger partial charge in [-0.1, -0.05) is 60.1 Å². The topological polar surface area (TPSA) is 142 Å². The van der Waals surface area contributed by atoms with Gasteiger partial charge in [0.1, 0.15) is 5.69 Å². The third kappa shape index (κ3) is 8.30. The number of rotatable bonds is 5. The van der Waals surface area contributed by atoms with Crippen LogP contribution in [0, 0.1) is 20.2 Å². The molecule has 0 fully saturated rings. The molecule has 4 rings (SSSR count). The lowest BCUT2D eigenvalue weighted by Crippen LogP contribution is -1.98. The van der Waals surface area contributed by atoms with Gasteiger partial charge in [0, 0.05) is 30.1 Å². The smallest absolute Gasteiger partial charge is 0.537 e. The van der Waals surface area contributed by atoms with Gasteiger partial charge in [0.25, 0.3) is 5.69 Å². The first-order chi connectivity index (χ1) is 16.4. The van der Waals surface area contributed by atoms with Crippen molar-refractivity contribution in [2.45, 2.75) is 0 Å². The number of pyridine rings is 2. The molecule has 0 atom stereocenters. The third-order valence-corrected chi connectivity index (χ3v) is 4.19. The van der Waals surface area contributed by atoms with E-state index in [1.54, 1.807) is 36.5 Å². The summed E-state index contributed by atoms with van der Waals surface area (Å²) in [7, 11) is 0.662. The van der Waals surface area contributed by atoms with Crippen molar-refractivity contribution in [3.05, 3.63) is 123 Å². The van der Waals surface area contributed by atoms with Crippen molar-refractivity contribution in [2.75, 3.05) is 0 Å². The van der Waals surface area contributed by atoms with Crippen molar-refractivity contribution in [2.24, 2.45) is 0 Å². The average molecular weight is 480 g/mol. The van der Waals surface area contributed by atoms with Gasteiger partial charge in [-0.25, -0.2) is 9.97 Å². The van der Waals surface area contributed by atoms with Crippen molar-refractivity contribution in [3.8, 4) is 17.0 Å². The fraction of sp³-hybridized carbons (Fsp3) is 0.